The van der Waals surface area contributed by atoms with E-state index >= 15 is 0 Å². The standard InChI is InChI=1S/C24H22Cl2N2O4S2/c1-31-17-6-7-19(18(25)12-17)32-16-4-2-15(3-5-16)13-27-23(30)24(10-11-33-14-24)28-22(29)20-8-9-21(26)34-20/h2-9,12H,10-11,13-14H2,1H3,(H,27,30)(H,28,29). The zero-order chi connectivity index (χ0) is 24.1. The predicted octanol–water partition coefficient (Wildman–Crippen LogP) is 5.78. The van der Waals surface area contributed by atoms with Gasteiger partial charge in [-0.15, -0.1) is 11.3 Å². The summed E-state index contributed by atoms with van der Waals surface area (Å²) in [7, 11) is 1.57. The number of ether oxygens (including phenoxy) is 2. The molecule has 2 N–H and O–H groups in total. The minimum atomic E-state index is -0.938. The number of nitrogens with one attached hydrogen (secondary N) is 2. The minimum absolute atomic E-state index is 0.196. The molecule has 0 aliphatic carbocycles. The summed E-state index contributed by atoms with van der Waals surface area (Å²) < 4.78 is 11.5. The van der Waals surface area contributed by atoms with Crippen molar-refractivity contribution >= 4 is 58.1 Å². The topological polar surface area (TPSA) is 76.7 Å². The highest BCUT2D eigenvalue weighted by Gasteiger charge is 2.43. The van der Waals surface area contributed by atoms with E-state index < -0.39 is 5.54 Å². The number of methoxy groups -OCH3 is 1. The van der Waals surface area contributed by atoms with Crippen molar-refractivity contribution in [3.8, 4) is 17.2 Å². The van der Waals surface area contributed by atoms with E-state index in [1.807, 2.05) is 24.3 Å². The van der Waals surface area contributed by atoms with Crippen LogP contribution in [0.25, 0.3) is 0 Å². The molecule has 1 unspecified atom stereocenters. The Morgan fingerprint density at radius 3 is 2.44 bits per heavy atom. The number of carbonyl (C=O) groups is 2. The maximum atomic E-state index is 13.1. The van der Waals surface area contributed by atoms with E-state index in [1.165, 1.54) is 11.3 Å². The Morgan fingerprint density at radius 1 is 1.06 bits per heavy atom. The molecule has 1 aliphatic rings. The zero-order valence-corrected chi connectivity index (χ0v) is 21.4. The molecule has 2 aromatic carbocycles. The number of carbonyl (C=O) groups excluding carboxylic acids is 2. The van der Waals surface area contributed by atoms with Gasteiger partial charge in [0.05, 0.1) is 21.3 Å². The molecule has 0 spiro atoms. The van der Waals surface area contributed by atoms with Crippen molar-refractivity contribution in [2.45, 2.75) is 18.5 Å². The monoisotopic (exact) mass is 536 g/mol. The SMILES string of the molecule is COc1ccc(Oc2ccc(CNC(=O)C3(NC(=O)c4ccc(Cl)s4)CCSC3)cc2)c(Cl)c1. The molecule has 10 heteroatoms. The number of hydrogen-bond acceptors (Lipinski definition) is 6. The first-order valence-electron chi connectivity index (χ1n) is 10.4. The predicted molar refractivity (Wildman–Crippen MR) is 138 cm³/mol. The van der Waals surface area contributed by atoms with Crippen LogP contribution in [-0.2, 0) is 11.3 Å². The lowest BCUT2D eigenvalue weighted by Gasteiger charge is -2.28. The van der Waals surface area contributed by atoms with Gasteiger partial charge < -0.3 is 20.1 Å². The largest absolute Gasteiger partial charge is 0.497 e. The second kappa shape index (κ2) is 10.9. The summed E-state index contributed by atoms with van der Waals surface area (Å²) in [6, 6.07) is 15.9. The Bertz CT molecular complexity index is 1180. The lowest BCUT2D eigenvalue weighted by Crippen LogP contribution is -2.58. The molecule has 2 amide bonds. The number of rotatable bonds is 8. The van der Waals surface area contributed by atoms with Gasteiger partial charge in [0.15, 0.2) is 0 Å². The van der Waals surface area contributed by atoms with Crippen molar-refractivity contribution in [3.05, 3.63) is 74.4 Å². The summed E-state index contributed by atoms with van der Waals surface area (Å²) in [6.45, 7) is 0.329. The van der Waals surface area contributed by atoms with Crippen LogP contribution < -0.4 is 20.1 Å². The van der Waals surface area contributed by atoms with Crippen LogP contribution >= 0.6 is 46.3 Å². The highest BCUT2D eigenvalue weighted by molar-refractivity contribution is 7.99. The van der Waals surface area contributed by atoms with E-state index in [9.17, 15) is 9.59 Å². The Labute approximate surface area is 215 Å². The van der Waals surface area contributed by atoms with Gasteiger partial charge in [0.2, 0.25) is 5.91 Å². The third kappa shape index (κ3) is 5.81. The average molecular weight is 537 g/mol. The Kier molecular flexibility index (Phi) is 7.93. The molecule has 0 bridgehead atoms. The van der Waals surface area contributed by atoms with E-state index in [0.29, 0.717) is 50.2 Å². The fourth-order valence-corrected chi connectivity index (χ4v) is 5.94. The second-order valence-electron chi connectivity index (χ2n) is 7.67. The van der Waals surface area contributed by atoms with Crippen molar-refractivity contribution in [1.82, 2.24) is 10.6 Å². The summed E-state index contributed by atoms with van der Waals surface area (Å²) in [5.74, 6) is 2.64. The molecule has 34 heavy (non-hydrogen) atoms. The van der Waals surface area contributed by atoms with Gasteiger partial charge in [0.1, 0.15) is 22.8 Å². The molecule has 1 atom stereocenters. The molecule has 1 aliphatic heterocycles. The fraction of sp³-hybridized carbons (Fsp3) is 0.250. The lowest BCUT2D eigenvalue weighted by atomic mass is 9.97. The van der Waals surface area contributed by atoms with Gasteiger partial charge in [-0.1, -0.05) is 35.3 Å². The molecule has 1 aromatic heterocycles. The Morgan fingerprint density at radius 2 is 1.82 bits per heavy atom. The lowest BCUT2D eigenvalue weighted by molar-refractivity contribution is -0.126. The fourth-order valence-electron chi connectivity index (χ4n) is 3.46. The van der Waals surface area contributed by atoms with E-state index in [0.717, 1.165) is 11.3 Å². The molecular weight excluding hydrogens is 515 g/mol. The van der Waals surface area contributed by atoms with Gasteiger partial charge >= 0.3 is 0 Å². The number of amides is 2. The maximum Gasteiger partial charge on any atom is 0.262 e. The molecule has 4 rings (SSSR count). The highest BCUT2D eigenvalue weighted by atomic mass is 35.5. The van der Waals surface area contributed by atoms with Gasteiger partial charge in [0, 0.05) is 18.4 Å². The summed E-state index contributed by atoms with van der Waals surface area (Å²) in [5, 5.41) is 6.36. The molecule has 0 saturated carbocycles. The van der Waals surface area contributed by atoms with Crippen molar-refractivity contribution in [2.75, 3.05) is 18.6 Å². The van der Waals surface area contributed by atoms with Gasteiger partial charge in [-0.2, -0.15) is 11.8 Å². The number of halogens is 2. The number of thiophene rings is 1. The molecule has 1 fully saturated rings. The first kappa shape index (κ1) is 24.7. The van der Waals surface area contributed by atoms with Crippen molar-refractivity contribution in [1.29, 1.82) is 0 Å². The zero-order valence-electron chi connectivity index (χ0n) is 18.2. The first-order valence-corrected chi connectivity index (χ1v) is 13.2. The summed E-state index contributed by atoms with van der Waals surface area (Å²) in [5.41, 5.74) is -0.0365. The third-order valence-corrected chi connectivity index (χ3v) is 8.06. The molecule has 1 saturated heterocycles. The van der Waals surface area contributed by atoms with E-state index in [4.69, 9.17) is 32.7 Å². The molecule has 3 aromatic rings. The van der Waals surface area contributed by atoms with Crippen LogP contribution in [0.15, 0.2) is 54.6 Å². The van der Waals surface area contributed by atoms with Crippen LogP contribution in [0.2, 0.25) is 9.36 Å². The van der Waals surface area contributed by atoms with Crippen LogP contribution in [0.5, 0.6) is 17.2 Å². The van der Waals surface area contributed by atoms with Crippen LogP contribution in [0, 0.1) is 0 Å². The summed E-state index contributed by atoms with van der Waals surface area (Å²) in [6.07, 6.45) is 0.573. The van der Waals surface area contributed by atoms with Crippen LogP contribution in [0.4, 0.5) is 0 Å². The second-order valence-corrected chi connectivity index (χ2v) is 10.9. The van der Waals surface area contributed by atoms with Crippen LogP contribution in [-0.4, -0.2) is 36.0 Å². The quantitative estimate of drug-likeness (QED) is 0.381. The van der Waals surface area contributed by atoms with Crippen molar-refractivity contribution < 1.29 is 19.1 Å². The Hall–Kier alpha value is -2.39. The number of hydrogen-bond donors (Lipinski definition) is 2. The third-order valence-electron chi connectivity index (χ3n) is 5.35. The van der Waals surface area contributed by atoms with E-state index in [2.05, 4.69) is 10.6 Å². The van der Waals surface area contributed by atoms with Gasteiger partial charge in [0.25, 0.3) is 5.91 Å². The molecule has 178 valence electrons. The average Bonchev–Trinajstić information content (AvgIpc) is 3.49. The van der Waals surface area contributed by atoms with Crippen molar-refractivity contribution in [2.24, 2.45) is 0 Å². The molecular formula is C24H22Cl2N2O4S2. The first-order chi connectivity index (χ1) is 16.4. The van der Waals surface area contributed by atoms with Crippen molar-refractivity contribution in [3.63, 3.8) is 0 Å². The minimum Gasteiger partial charge on any atom is -0.497 e. The van der Waals surface area contributed by atoms with Gasteiger partial charge in [-0.3, -0.25) is 9.59 Å². The number of thioether (sulfide) groups is 1. The summed E-state index contributed by atoms with van der Waals surface area (Å²) in [4.78, 5) is 26.3. The van der Waals surface area contributed by atoms with Crippen LogP contribution in [0.1, 0.15) is 21.7 Å². The molecule has 0 radical (unpaired) electrons. The molecule has 6 nitrogen and oxygen atoms in total. The summed E-state index contributed by atoms with van der Waals surface area (Å²) >= 11 is 15.0. The van der Waals surface area contributed by atoms with Crippen LogP contribution in [0.3, 0.4) is 0 Å². The number of benzene rings is 2. The highest BCUT2D eigenvalue weighted by Crippen LogP contribution is 2.33. The van der Waals surface area contributed by atoms with Gasteiger partial charge in [-0.25, -0.2) is 0 Å². The van der Waals surface area contributed by atoms with E-state index in [1.54, 1.807) is 49.2 Å². The maximum absolute atomic E-state index is 13.1. The van der Waals surface area contributed by atoms with E-state index in [-0.39, 0.29) is 11.8 Å². The smallest absolute Gasteiger partial charge is 0.262 e. The molecule has 2 heterocycles. The Balaban J connectivity index is 1.36. The van der Waals surface area contributed by atoms with Gasteiger partial charge in [-0.05, 0) is 54.1 Å². The normalized spacial score (nSPS) is 17.3.